The molecular weight excluding hydrogens is 349 g/mol. The number of halogens is 2. The molecule has 1 aromatic carbocycles. The van der Waals surface area contributed by atoms with Crippen molar-refractivity contribution < 1.29 is 17.9 Å². The summed E-state index contributed by atoms with van der Waals surface area (Å²) in [6, 6.07) is 4.30. The monoisotopic (exact) mass is 365 g/mol. The highest BCUT2D eigenvalue weighted by Crippen LogP contribution is 2.30. The Morgan fingerprint density at radius 2 is 1.95 bits per heavy atom. The predicted molar refractivity (Wildman–Crippen MR) is 84.6 cm³/mol. The van der Waals surface area contributed by atoms with Crippen molar-refractivity contribution in [2.24, 2.45) is 5.92 Å². The van der Waals surface area contributed by atoms with Crippen molar-refractivity contribution in [3.63, 3.8) is 0 Å². The van der Waals surface area contributed by atoms with Crippen molar-refractivity contribution in [1.29, 1.82) is 0 Å². The van der Waals surface area contributed by atoms with Gasteiger partial charge in [-0.25, -0.2) is 8.42 Å². The summed E-state index contributed by atoms with van der Waals surface area (Å²) in [4.78, 5) is 11.7. The molecule has 0 radical (unpaired) electrons. The Bertz CT molecular complexity index is 655. The second-order valence-corrected chi connectivity index (χ2v) is 7.76. The van der Waals surface area contributed by atoms with Crippen LogP contribution in [0.15, 0.2) is 23.1 Å². The average molecular weight is 366 g/mol. The van der Waals surface area contributed by atoms with Gasteiger partial charge in [0.1, 0.15) is 4.90 Å². The van der Waals surface area contributed by atoms with Crippen molar-refractivity contribution in [2.45, 2.75) is 24.7 Å². The maximum Gasteiger partial charge on any atom is 0.309 e. The Balaban J connectivity index is 2.11. The molecule has 1 heterocycles. The molecule has 0 saturated carbocycles. The topological polar surface area (TPSA) is 63.7 Å². The Labute approximate surface area is 140 Å². The molecule has 1 aliphatic rings. The van der Waals surface area contributed by atoms with Gasteiger partial charge in [-0.3, -0.25) is 4.79 Å². The van der Waals surface area contributed by atoms with Crippen LogP contribution in [-0.4, -0.2) is 38.4 Å². The van der Waals surface area contributed by atoms with E-state index in [2.05, 4.69) is 0 Å². The molecular formula is C14H17Cl2NO4S. The quantitative estimate of drug-likeness (QED) is 0.769. The molecule has 8 heteroatoms. The van der Waals surface area contributed by atoms with Crippen LogP contribution in [0.3, 0.4) is 0 Å². The molecule has 0 N–H and O–H groups in total. The minimum Gasteiger partial charge on any atom is -0.466 e. The fourth-order valence-corrected chi connectivity index (χ4v) is 4.63. The fourth-order valence-electron chi connectivity index (χ4n) is 2.42. The molecule has 122 valence electrons. The summed E-state index contributed by atoms with van der Waals surface area (Å²) in [6.07, 6.45) is 0.895. The number of benzene rings is 1. The maximum atomic E-state index is 12.6. The van der Waals surface area contributed by atoms with E-state index in [1.54, 1.807) is 6.92 Å². The van der Waals surface area contributed by atoms with Gasteiger partial charge in [0.15, 0.2) is 0 Å². The number of sulfonamides is 1. The average Bonchev–Trinajstić information content (AvgIpc) is 2.47. The first-order chi connectivity index (χ1) is 10.4. The summed E-state index contributed by atoms with van der Waals surface area (Å²) < 4.78 is 31.5. The van der Waals surface area contributed by atoms with Gasteiger partial charge in [0, 0.05) is 18.1 Å². The lowest BCUT2D eigenvalue weighted by Crippen LogP contribution is -2.40. The summed E-state index contributed by atoms with van der Waals surface area (Å²) in [5.41, 5.74) is 0. The van der Waals surface area contributed by atoms with Gasteiger partial charge in [0.2, 0.25) is 10.0 Å². The molecule has 1 saturated heterocycles. The third kappa shape index (κ3) is 3.74. The standard InChI is InChI=1S/C14H17Cl2NO4S/c1-2-21-14(18)10-5-7-17(8-6-10)22(19,20)13-4-3-11(15)9-12(13)16/h3-4,9-10H,2,5-8H2,1H3. The summed E-state index contributed by atoms with van der Waals surface area (Å²) in [7, 11) is -3.68. The van der Waals surface area contributed by atoms with Crippen LogP contribution in [-0.2, 0) is 19.6 Å². The van der Waals surface area contributed by atoms with Gasteiger partial charge in [0.05, 0.1) is 17.5 Å². The van der Waals surface area contributed by atoms with Gasteiger partial charge in [-0.15, -0.1) is 0 Å². The largest absolute Gasteiger partial charge is 0.466 e. The fraction of sp³-hybridized carbons (Fsp3) is 0.500. The number of piperidine rings is 1. The van der Waals surface area contributed by atoms with Gasteiger partial charge in [-0.2, -0.15) is 4.31 Å². The Morgan fingerprint density at radius 3 is 2.50 bits per heavy atom. The van der Waals surface area contributed by atoms with E-state index in [9.17, 15) is 13.2 Å². The lowest BCUT2D eigenvalue weighted by molar-refractivity contribution is -0.149. The van der Waals surface area contributed by atoms with E-state index in [0.29, 0.717) is 24.5 Å². The molecule has 22 heavy (non-hydrogen) atoms. The Hall–Kier alpha value is -0.820. The summed E-state index contributed by atoms with van der Waals surface area (Å²) in [5, 5.41) is 0.477. The van der Waals surface area contributed by atoms with E-state index in [-0.39, 0.29) is 34.9 Å². The second-order valence-electron chi connectivity index (χ2n) is 5.01. The molecule has 0 aliphatic carbocycles. The van der Waals surface area contributed by atoms with Crippen LogP contribution >= 0.6 is 23.2 Å². The van der Waals surface area contributed by atoms with Crippen LogP contribution < -0.4 is 0 Å². The number of carbonyl (C=O) groups is 1. The molecule has 0 amide bonds. The molecule has 1 aliphatic heterocycles. The molecule has 0 bridgehead atoms. The van der Waals surface area contributed by atoms with Crippen molar-refractivity contribution in [3.05, 3.63) is 28.2 Å². The molecule has 0 atom stereocenters. The van der Waals surface area contributed by atoms with Gasteiger partial charge >= 0.3 is 5.97 Å². The summed E-state index contributed by atoms with van der Waals surface area (Å²) >= 11 is 11.8. The molecule has 1 aromatic rings. The third-order valence-corrected chi connectivity index (χ3v) is 6.20. The highest BCUT2D eigenvalue weighted by atomic mass is 35.5. The van der Waals surface area contributed by atoms with E-state index in [1.807, 2.05) is 0 Å². The molecule has 2 rings (SSSR count). The van der Waals surface area contributed by atoms with E-state index in [4.69, 9.17) is 27.9 Å². The van der Waals surface area contributed by atoms with Crippen LogP contribution in [0, 0.1) is 5.92 Å². The number of hydrogen-bond donors (Lipinski definition) is 0. The van der Waals surface area contributed by atoms with Crippen molar-refractivity contribution in [2.75, 3.05) is 19.7 Å². The van der Waals surface area contributed by atoms with Crippen LogP contribution in [0.5, 0.6) is 0 Å². The lowest BCUT2D eigenvalue weighted by atomic mass is 9.98. The van der Waals surface area contributed by atoms with E-state index in [1.165, 1.54) is 22.5 Å². The van der Waals surface area contributed by atoms with E-state index >= 15 is 0 Å². The molecule has 0 aromatic heterocycles. The highest BCUT2D eigenvalue weighted by molar-refractivity contribution is 7.89. The molecule has 5 nitrogen and oxygen atoms in total. The summed E-state index contributed by atoms with van der Waals surface area (Å²) in [5.74, 6) is -0.504. The first kappa shape index (κ1) is 17.5. The lowest BCUT2D eigenvalue weighted by Gasteiger charge is -2.30. The minimum absolute atomic E-state index is 0.0353. The third-order valence-electron chi connectivity index (χ3n) is 3.59. The zero-order chi connectivity index (χ0) is 16.3. The maximum absolute atomic E-state index is 12.6. The first-order valence-corrected chi connectivity index (χ1v) is 9.17. The van der Waals surface area contributed by atoms with Crippen molar-refractivity contribution >= 4 is 39.2 Å². The molecule has 0 spiro atoms. The first-order valence-electron chi connectivity index (χ1n) is 6.98. The van der Waals surface area contributed by atoms with E-state index in [0.717, 1.165) is 0 Å². The Morgan fingerprint density at radius 1 is 1.32 bits per heavy atom. The number of ether oxygens (including phenoxy) is 1. The van der Waals surface area contributed by atoms with E-state index < -0.39 is 10.0 Å². The van der Waals surface area contributed by atoms with Gasteiger partial charge in [-0.05, 0) is 38.0 Å². The number of nitrogens with zero attached hydrogens (tertiary/aromatic N) is 1. The van der Waals surface area contributed by atoms with Crippen molar-refractivity contribution in [1.82, 2.24) is 4.31 Å². The molecule has 1 fully saturated rings. The zero-order valence-electron chi connectivity index (χ0n) is 12.1. The highest BCUT2D eigenvalue weighted by Gasteiger charge is 2.33. The zero-order valence-corrected chi connectivity index (χ0v) is 14.4. The number of hydrogen-bond acceptors (Lipinski definition) is 4. The predicted octanol–water partition coefficient (Wildman–Crippen LogP) is 2.96. The number of rotatable bonds is 4. The smallest absolute Gasteiger partial charge is 0.309 e. The van der Waals surface area contributed by atoms with Gasteiger partial charge in [-0.1, -0.05) is 23.2 Å². The Kier molecular flexibility index (Phi) is 5.71. The van der Waals surface area contributed by atoms with Crippen LogP contribution in [0.25, 0.3) is 0 Å². The molecule has 0 unspecified atom stereocenters. The van der Waals surface area contributed by atoms with Crippen LogP contribution in [0.4, 0.5) is 0 Å². The normalized spacial score (nSPS) is 17.4. The number of esters is 1. The second kappa shape index (κ2) is 7.17. The van der Waals surface area contributed by atoms with Crippen molar-refractivity contribution in [3.8, 4) is 0 Å². The van der Waals surface area contributed by atoms with Gasteiger partial charge in [0.25, 0.3) is 0 Å². The summed E-state index contributed by atoms with van der Waals surface area (Å²) in [6.45, 7) is 2.62. The minimum atomic E-state index is -3.68. The SMILES string of the molecule is CCOC(=O)C1CCN(S(=O)(=O)c2ccc(Cl)cc2Cl)CC1. The van der Waals surface area contributed by atoms with Crippen LogP contribution in [0.1, 0.15) is 19.8 Å². The van der Waals surface area contributed by atoms with Gasteiger partial charge < -0.3 is 4.74 Å². The van der Waals surface area contributed by atoms with Crippen LogP contribution in [0.2, 0.25) is 10.0 Å². The number of carbonyl (C=O) groups excluding carboxylic acids is 1.